The van der Waals surface area contributed by atoms with Crippen molar-refractivity contribution in [2.45, 2.75) is 32.2 Å². The van der Waals surface area contributed by atoms with Gasteiger partial charge in [0.05, 0.1) is 6.04 Å². The number of hydrogen-bond donors (Lipinski definition) is 2. The molecule has 1 unspecified atom stereocenters. The second-order valence-corrected chi connectivity index (χ2v) is 6.26. The van der Waals surface area contributed by atoms with Crippen molar-refractivity contribution in [2.75, 3.05) is 19.6 Å². The van der Waals surface area contributed by atoms with Crippen molar-refractivity contribution in [3.8, 4) is 0 Å². The van der Waals surface area contributed by atoms with Crippen molar-refractivity contribution in [2.24, 2.45) is 0 Å². The van der Waals surface area contributed by atoms with Crippen molar-refractivity contribution in [1.29, 1.82) is 0 Å². The van der Waals surface area contributed by atoms with Gasteiger partial charge in [-0.05, 0) is 62.1 Å². The number of rotatable bonds is 5. The molecule has 2 heterocycles. The predicted octanol–water partition coefficient (Wildman–Crippen LogP) is 2.65. The van der Waals surface area contributed by atoms with Crippen molar-refractivity contribution in [3.05, 3.63) is 53.1 Å². The smallest absolute Gasteiger partial charge is 0.271 e. The fourth-order valence-electron chi connectivity index (χ4n) is 3.06. The zero-order valence-electron chi connectivity index (χ0n) is 14.3. The first kappa shape index (κ1) is 19.4. The number of benzene rings is 1. The summed E-state index contributed by atoms with van der Waals surface area (Å²) in [5.74, 6) is -0.402. The number of halogens is 2. The van der Waals surface area contributed by atoms with E-state index in [-0.39, 0.29) is 24.1 Å². The van der Waals surface area contributed by atoms with Crippen molar-refractivity contribution < 1.29 is 9.18 Å². The molecule has 2 N–H and O–H groups in total. The molecule has 1 atom stereocenters. The highest BCUT2D eigenvalue weighted by Gasteiger charge is 2.17. The van der Waals surface area contributed by atoms with E-state index >= 15 is 0 Å². The normalized spacial score (nSPS) is 17.0. The number of hydrogen-bond acceptors (Lipinski definition) is 3. The second kappa shape index (κ2) is 8.97. The Morgan fingerprint density at radius 1 is 1.44 bits per heavy atom. The van der Waals surface area contributed by atoms with Gasteiger partial charge in [0.2, 0.25) is 0 Å². The highest BCUT2D eigenvalue weighted by Crippen LogP contribution is 2.15. The van der Waals surface area contributed by atoms with Crippen LogP contribution in [0.3, 0.4) is 0 Å². The lowest BCUT2D eigenvalue weighted by atomic mass is 10.1. The third-order valence-electron chi connectivity index (χ3n) is 4.47. The molecule has 1 saturated heterocycles. The SMILES string of the molecule is Cc1cc(F)ccc1CCNC(=O)c1ccn(C2CCCNC2)n1.Cl. The summed E-state index contributed by atoms with van der Waals surface area (Å²) < 4.78 is 15.0. The number of carbonyl (C=O) groups excluding carboxylic acids is 1. The molecule has 25 heavy (non-hydrogen) atoms. The van der Waals surface area contributed by atoms with Crippen LogP contribution < -0.4 is 10.6 Å². The number of nitrogens with zero attached hydrogens (tertiary/aromatic N) is 2. The van der Waals surface area contributed by atoms with E-state index in [4.69, 9.17) is 0 Å². The largest absolute Gasteiger partial charge is 0.350 e. The van der Waals surface area contributed by atoms with Gasteiger partial charge in [0.25, 0.3) is 5.91 Å². The van der Waals surface area contributed by atoms with E-state index < -0.39 is 0 Å². The van der Waals surface area contributed by atoms with Gasteiger partial charge in [-0.15, -0.1) is 12.4 Å². The van der Waals surface area contributed by atoms with E-state index in [2.05, 4.69) is 15.7 Å². The molecule has 0 bridgehead atoms. The van der Waals surface area contributed by atoms with E-state index in [9.17, 15) is 9.18 Å². The number of aromatic nitrogens is 2. The molecule has 5 nitrogen and oxygen atoms in total. The van der Waals surface area contributed by atoms with Crippen LogP contribution >= 0.6 is 12.4 Å². The van der Waals surface area contributed by atoms with Gasteiger partial charge in [0.15, 0.2) is 0 Å². The minimum Gasteiger partial charge on any atom is -0.350 e. The van der Waals surface area contributed by atoms with Crippen molar-refractivity contribution >= 4 is 18.3 Å². The number of piperidine rings is 1. The molecule has 136 valence electrons. The average Bonchev–Trinajstić information content (AvgIpc) is 3.08. The van der Waals surface area contributed by atoms with Gasteiger partial charge in [-0.25, -0.2) is 4.39 Å². The average molecular weight is 367 g/mol. The molecule has 0 aliphatic carbocycles. The lowest BCUT2D eigenvalue weighted by molar-refractivity contribution is 0.0947. The van der Waals surface area contributed by atoms with Crippen LogP contribution in [0.2, 0.25) is 0 Å². The molecule has 2 aromatic rings. The monoisotopic (exact) mass is 366 g/mol. The maximum Gasteiger partial charge on any atom is 0.271 e. The van der Waals surface area contributed by atoms with Crippen LogP contribution in [0.15, 0.2) is 30.5 Å². The first-order chi connectivity index (χ1) is 11.6. The van der Waals surface area contributed by atoms with Gasteiger partial charge in [-0.1, -0.05) is 6.07 Å². The summed E-state index contributed by atoms with van der Waals surface area (Å²) in [6.07, 6.45) is 4.75. The molecule has 1 aliphatic heterocycles. The summed E-state index contributed by atoms with van der Waals surface area (Å²) in [7, 11) is 0. The van der Waals surface area contributed by atoms with Crippen molar-refractivity contribution in [1.82, 2.24) is 20.4 Å². The van der Waals surface area contributed by atoms with E-state index in [1.807, 2.05) is 17.8 Å². The van der Waals surface area contributed by atoms with Crippen LogP contribution in [-0.2, 0) is 6.42 Å². The Kier molecular flexibility index (Phi) is 6.96. The minimum atomic E-state index is -0.233. The summed E-state index contributed by atoms with van der Waals surface area (Å²) in [6.45, 7) is 4.32. The Labute approximate surface area is 153 Å². The van der Waals surface area contributed by atoms with Crippen LogP contribution in [0, 0.1) is 12.7 Å². The minimum absolute atomic E-state index is 0. The van der Waals surface area contributed by atoms with Gasteiger partial charge >= 0.3 is 0 Å². The molecule has 0 spiro atoms. The van der Waals surface area contributed by atoms with E-state index in [1.165, 1.54) is 12.1 Å². The zero-order valence-corrected chi connectivity index (χ0v) is 15.1. The molecular formula is C18H24ClFN4O. The maximum atomic E-state index is 13.1. The first-order valence-corrected chi connectivity index (χ1v) is 8.42. The van der Waals surface area contributed by atoms with E-state index in [1.54, 1.807) is 12.1 Å². The Morgan fingerprint density at radius 3 is 3.00 bits per heavy atom. The third-order valence-corrected chi connectivity index (χ3v) is 4.47. The van der Waals surface area contributed by atoms with Crippen LogP contribution in [0.1, 0.15) is 40.5 Å². The molecule has 3 rings (SSSR count). The van der Waals surface area contributed by atoms with Gasteiger partial charge < -0.3 is 10.6 Å². The molecule has 1 amide bonds. The Morgan fingerprint density at radius 2 is 2.28 bits per heavy atom. The highest BCUT2D eigenvalue weighted by atomic mass is 35.5. The molecular weight excluding hydrogens is 343 g/mol. The number of aryl methyl sites for hydroxylation is 1. The van der Waals surface area contributed by atoms with E-state index in [0.29, 0.717) is 24.7 Å². The van der Waals surface area contributed by atoms with Crippen LogP contribution in [-0.4, -0.2) is 35.3 Å². The number of nitrogens with one attached hydrogen (secondary N) is 2. The van der Waals surface area contributed by atoms with E-state index in [0.717, 1.165) is 37.1 Å². The molecule has 1 aromatic carbocycles. The second-order valence-electron chi connectivity index (χ2n) is 6.26. The van der Waals surface area contributed by atoms with Gasteiger partial charge in [0, 0.05) is 19.3 Å². The summed E-state index contributed by atoms with van der Waals surface area (Å²) in [5, 5.41) is 10.6. The van der Waals surface area contributed by atoms with Crippen LogP contribution in [0.5, 0.6) is 0 Å². The molecule has 1 fully saturated rings. The third kappa shape index (κ3) is 5.03. The van der Waals surface area contributed by atoms with Crippen molar-refractivity contribution in [3.63, 3.8) is 0 Å². The van der Waals surface area contributed by atoms with Gasteiger partial charge in [-0.2, -0.15) is 5.10 Å². The standard InChI is InChI=1S/C18H23FN4O.ClH/c1-13-11-15(19)5-4-14(13)6-9-21-18(24)17-7-10-23(22-17)16-3-2-8-20-12-16;/h4-5,7,10-11,16,20H,2-3,6,8-9,12H2,1H3,(H,21,24);1H. The Balaban J connectivity index is 0.00000225. The maximum absolute atomic E-state index is 13.1. The predicted molar refractivity (Wildman–Crippen MR) is 97.8 cm³/mol. The Hall–Kier alpha value is -1.92. The summed E-state index contributed by atoms with van der Waals surface area (Å²) in [4.78, 5) is 12.2. The number of carbonyl (C=O) groups is 1. The summed E-state index contributed by atoms with van der Waals surface area (Å²) >= 11 is 0. The fourth-order valence-corrected chi connectivity index (χ4v) is 3.06. The highest BCUT2D eigenvalue weighted by molar-refractivity contribution is 5.92. The Bertz CT molecular complexity index is 713. The molecule has 1 aliphatic rings. The summed E-state index contributed by atoms with van der Waals surface area (Å²) in [6, 6.07) is 6.80. The quantitative estimate of drug-likeness (QED) is 0.855. The lowest BCUT2D eigenvalue weighted by Gasteiger charge is -2.22. The fraction of sp³-hybridized carbons (Fsp3) is 0.444. The van der Waals surface area contributed by atoms with Gasteiger partial charge in [0.1, 0.15) is 11.5 Å². The van der Waals surface area contributed by atoms with Gasteiger partial charge in [-0.3, -0.25) is 9.48 Å². The molecule has 7 heteroatoms. The van der Waals surface area contributed by atoms with Crippen LogP contribution in [0.25, 0.3) is 0 Å². The lowest BCUT2D eigenvalue weighted by Crippen LogP contribution is -2.32. The molecule has 0 radical (unpaired) electrons. The zero-order chi connectivity index (χ0) is 16.9. The molecule has 0 saturated carbocycles. The summed E-state index contributed by atoms with van der Waals surface area (Å²) in [5.41, 5.74) is 2.38. The topological polar surface area (TPSA) is 59.0 Å². The van der Waals surface area contributed by atoms with Crippen LogP contribution in [0.4, 0.5) is 4.39 Å². The molecule has 1 aromatic heterocycles. The number of amides is 1. The first-order valence-electron chi connectivity index (χ1n) is 8.42.